The van der Waals surface area contributed by atoms with Crippen molar-refractivity contribution >= 4 is 12.0 Å². The monoisotopic (exact) mass is 157 g/mol. The van der Waals surface area contributed by atoms with Gasteiger partial charge in [-0.25, -0.2) is 0 Å². The number of Topliss-reactive ketones (excluding diaryl/α,β-unsaturated/α-hetero) is 1. The van der Waals surface area contributed by atoms with Crippen LogP contribution in [-0.4, -0.2) is 41.1 Å². The number of ketones is 1. The molecule has 0 unspecified atom stereocenters. The maximum Gasteiger partial charge on any atom is 0.324 e. The van der Waals surface area contributed by atoms with Gasteiger partial charge in [0.05, 0.1) is 6.10 Å². The lowest BCUT2D eigenvalue weighted by Gasteiger charge is -2.12. The molecule has 0 saturated carbocycles. The lowest BCUT2D eigenvalue weighted by molar-refractivity contribution is -0.120. The molecule has 2 N–H and O–H groups in total. The fourth-order valence-corrected chi connectivity index (χ4v) is 0.758. The molecule has 0 aliphatic heterocycles. The molecule has 0 bridgehead atoms. The van der Waals surface area contributed by atoms with Crippen molar-refractivity contribution in [2.45, 2.75) is 19.1 Å². The summed E-state index contributed by atoms with van der Waals surface area (Å²) in [5.74, 6) is -0.454. The number of nitrogens with one attached hydrogen (secondary N) is 1. The summed E-state index contributed by atoms with van der Waals surface area (Å²) in [6.07, 6.45) is -0.0426. The Hall–Kier alpha value is -1.03. The second-order valence-electron chi connectivity index (χ2n) is 2.15. The van der Waals surface area contributed by atoms with E-state index in [4.69, 9.17) is 10.6 Å². The van der Waals surface area contributed by atoms with E-state index in [0.29, 0.717) is 0 Å². The largest absolute Gasteiger partial charge is 0.391 e. The average molecular weight is 157 g/mol. The summed E-state index contributed by atoms with van der Waals surface area (Å²) in [7, 11) is 1.54. The van der Waals surface area contributed by atoms with E-state index in [2.05, 4.69) is 10.1 Å². The van der Waals surface area contributed by atoms with Crippen LogP contribution >= 0.6 is 0 Å². The fraction of sp³-hybridized carbons (Fsp3) is 0.667. The van der Waals surface area contributed by atoms with Crippen LogP contribution in [0.3, 0.4) is 0 Å². The topological polar surface area (TPSA) is 85.7 Å². The predicted molar refractivity (Wildman–Crippen MR) is 39.2 cm³/mol. The number of carbonyl (C=O) groups is 1. The highest BCUT2D eigenvalue weighted by Gasteiger charge is 2.22. The van der Waals surface area contributed by atoms with Gasteiger partial charge in [0.15, 0.2) is 0 Å². The van der Waals surface area contributed by atoms with E-state index < -0.39 is 17.9 Å². The van der Waals surface area contributed by atoms with E-state index >= 15 is 0 Å². The molecule has 62 valence electrons. The molecule has 0 heterocycles. The molecule has 0 aromatic carbocycles. The van der Waals surface area contributed by atoms with Crippen molar-refractivity contribution in [3.8, 4) is 0 Å². The van der Waals surface area contributed by atoms with Crippen LogP contribution in [0.4, 0.5) is 0 Å². The predicted octanol–water partition coefficient (Wildman–Crippen LogP) is -1.18. The van der Waals surface area contributed by atoms with Crippen molar-refractivity contribution in [1.82, 2.24) is 5.32 Å². The van der Waals surface area contributed by atoms with Crippen LogP contribution in [0.2, 0.25) is 0 Å². The molecule has 0 fully saturated rings. The van der Waals surface area contributed by atoms with E-state index in [1.54, 1.807) is 7.05 Å². The molecule has 5 heteroatoms. The summed E-state index contributed by atoms with van der Waals surface area (Å²) in [5, 5.41) is 11.6. The smallest absolute Gasteiger partial charge is 0.324 e. The molecule has 5 nitrogen and oxygen atoms in total. The Morgan fingerprint density at radius 1 is 1.82 bits per heavy atom. The second kappa shape index (κ2) is 4.73. The van der Waals surface area contributed by atoms with Crippen molar-refractivity contribution in [2.75, 3.05) is 7.05 Å². The molecule has 0 rings (SSSR count). The summed E-state index contributed by atoms with van der Waals surface area (Å²) in [4.78, 5) is 13.4. The minimum absolute atomic E-state index is 0.454. The van der Waals surface area contributed by atoms with Crippen LogP contribution in [0.1, 0.15) is 6.92 Å². The van der Waals surface area contributed by atoms with Crippen molar-refractivity contribution in [3.63, 3.8) is 0 Å². The molecule has 0 spiro atoms. The van der Waals surface area contributed by atoms with Crippen molar-refractivity contribution in [1.29, 1.82) is 0 Å². The highest BCUT2D eigenvalue weighted by atomic mass is 16.3. The summed E-state index contributed by atoms with van der Waals surface area (Å²) in [6, 6.07) is -0.703. The first-order valence-electron chi connectivity index (χ1n) is 3.20. The van der Waals surface area contributed by atoms with Crippen molar-refractivity contribution in [2.24, 2.45) is 0 Å². The molecular weight excluding hydrogens is 146 g/mol. The van der Waals surface area contributed by atoms with Crippen molar-refractivity contribution in [3.05, 3.63) is 5.53 Å². The Labute approximate surface area is 64.7 Å². The van der Waals surface area contributed by atoms with Gasteiger partial charge in [-0.05, 0) is 14.0 Å². The van der Waals surface area contributed by atoms with Gasteiger partial charge in [0.2, 0.25) is 0 Å². The number of hydrogen-bond donors (Lipinski definition) is 2. The minimum Gasteiger partial charge on any atom is -0.391 e. The molecule has 2 atom stereocenters. The molecule has 0 aliphatic rings. The second-order valence-corrected chi connectivity index (χ2v) is 2.15. The number of aliphatic hydroxyl groups excluding tert-OH is 1. The third-order valence-electron chi connectivity index (χ3n) is 1.28. The van der Waals surface area contributed by atoms with Crippen LogP contribution < -0.4 is 5.32 Å². The molecule has 0 aromatic rings. The zero-order valence-corrected chi connectivity index (χ0v) is 6.48. The molecule has 0 aromatic heterocycles. The fourth-order valence-electron chi connectivity index (χ4n) is 0.758. The Kier molecular flexibility index (Phi) is 4.29. The number of nitrogens with zero attached hydrogens (tertiary/aromatic N) is 2. The van der Waals surface area contributed by atoms with E-state index in [1.807, 2.05) is 0 Å². The highest BCUT2D eigenvalue weighted by molar-refractivity contribution is 6.27. The minimum atomic E-state index is -0.800. The van der Waals surface area contributed by atoms with Crippen LogP contribution in [0.15, 0.2) is 0 Å². The summed E-state index contributed by atoms with van der Waals surface area (Å²) in [5.41, 5.74) is 8.00. The Bertz CT molecular complexity index is 184. The zero-order valence-electron chi connectivity index (χ0n) is 6.48. The number of hydrogen-bond acceptors (Lipinski definition) is 3. The van der Waals surface area contributed by atoms with Gasteiger partial charge in [-0.2, -0.15) is 4.79 Å². The van der Waals surface area contributed by atoms with E-state index in [-0.39, 0.29) is 0 Å². The Balaban J connectivity index is 4.25. The molecule has 0 amide bonds. The highest BCUT2D eigenvalue weighted by Crippen LogP contribution is 1.90. The number of carbonyl (C=O) groups excluding carboxylic acids is 1. The van der Waals surface area contributed by atoms with Gasteiger partial charge in [0, 0.05) is 0 Å². The van der Waals surface area contributed by atoms with Gasteiger partial charge in [-0.3, -0.25) is 4.79 Å². The maximum absolute atomic E-state index is 10.9. The number of likely N-dealkylation sites (N-methyl/N-ethyl adjacent to an activating group) is 1. The lowest BCUT2D eigenvalue weighted by Crippen LogP contribution is -2.43. The third-order valence-corrected chi connectivity index (χ3v) is 1.28. The van der Waals surface area contributed by atoms with Crippen LogP contribution in [-0.2, 0) is 4.79 Å². The molecule has 0 saturated heterocycles. The maximum atomic E-state index is 10.9. The van der Waals surface area contributed by atoms with Gasteiger partial charge in [0.25, 0.3) is 5.78 Å². The first-order valence-corrected chi connectivity index (χ1v) is 3.20. The molecule has 11 heavy (non-hydrogen) atoms. The summed E-state index contributed by atoms with van der Waals surface area (Å²) in [6.45, 7) is 1.48. The van der Waals surface area contributed by atoms with Crippen LogP contribution in [0, 0.1) is 0 Å². The van der Waals surface area contributed by atoms with Gasteiger partial charge >= 0.3 is 6.21 Å². The van der Waals surface area contributed by atoms with Gasteiger partial charge in [-0.15, -0.1) is 0 Å². The number of aliphatic hydroxyl groups is 1. The SMILES string of the molecule is CN[C@H](C(=O)C=[N+]=[N-])[C@@H](C)O. The third kappa shape index (κ3) is 3.04. The quantitative estimate of drug-likeness (QED) is 0.306. The summed E-state index contributed by atoms with van der Waals surface area (Å²) >= 11 is 0. The van der Waals surface area contributed by atoms with E-state index in [0.717, 1.165) is 6.21 Å². The van der Waals surface area contributed by atoms with Crippen molar-refractivity contribution < 1.29 is 14.7 Å². The van der Waals surface area contributed by atoms with E-state index in [1.165, 1.54) is 6.92 Å². The Morgan fingerprint density at radius 2 is 2.36 bits per heavy atom. The van der Waals surface area contributed by atoms with Gasteiger partial charge < -0.3 is 16.0 Å². The van der Waals surface area contributed by atoms with Gasteiger partial charge in [0.1, 0.15) is 6.04 Å². The van der Waals surface area contributed by atoms with Crippen LogP contribution in [0.5, 0.6) is 0 Å². The normalized spacial score (nSPS) is 14.8. The number of rotatable bonds is 4. The first kappa shape index (κ1) is 9.97. The van der Waals surface area contributed by atoms with Gasteiger partial charge in [-0.1, -0.05) is 0 Å². The Morgan fingerprint density at radius 3 is 2.64 bits per heavy atom. The molecule has 0 radical (unpaired) electrons. The molecular formula is C6H11N3O2. The standard InChI is InChI=1S/C6H11N3O2/c1-4(10)6(8-2)5(11)3-9-7/h3-4,6,8,10H,1-2H3/t4-,6+/m1/s1. The molecule has 0 aliphatic carbocycles. The summed E-state index contributed by atoms with van der Waals surface area (Å²) < 4.78 is 0. The van der Waals surface area contributed by atoms with E-state index in [9.17, 15) is 4.79 Å². The lowest BCUT2D eigenvalue weighted by atomic mass is 10.1. The zero-order chi connectivity index (χ0) is 8.85. The average Bonchev–Trinajstić information content (AvgIpc) is 1.88. The first-order chi connectivity index (χ1) is 5.13. The van der Waals surface area contributed by atoms with Crippen LogP contribution in [0.25, 0.3) is 5.53 Å².